The third-order valence-electron chi connectivity index (χ3n) is 8.83. The topological polar surface area (TPSA) is 93.5 Å². The maximum absolute atomic E-state index is 16.0. The highest BCUT2D eigenvalue weighted by Crippen LogP contribution is 2.34. The monoisotopic (exact) mass is 686 g/mol. The minimum Gasteiger partial charge on any atom is -0.466 e. The van der Waals surface area contributed by atoms with Crippen molar-refractivity contribution < 1.29 is 31.9 Å². The molecule has 49 heavy (non-hydrogen) atoms. The number of amides is 1. The fraction of sp³-hybridized carbons (Fsp3) is 0.514. The first-order valence-corrected chi connectivity index (χ1v) is 16.7. The zero-order valence-corrected chi connectivity index (χ0v) is 29.3. The Kier molecular flexibility index (Phi) is 12.1. The molecule has 0 radical (unpaired) electrons. The number of nitrogens with one attached hydrogen (secondary N) is 1. The first kappa shape index (κ1) is 37.8. The van der Waals surface area contributed by atoms with E-state index in [1.165, 1.54) is 12.1 Å². The molecule has 4 rings (SSSR count). The van der Waals surface area contributed by atoms with Gasteiger partial charge in [0.25, 0.3) is 11.5 Å². The van der Waals surface area contributed by atoms with Crippen molar-refractivity contribution in [2.45, 2.75) is 92.2 Å². The Hall–Kier alpha value is -4.06. The lowest BCUT2D eigenvalue weighted by molar-refractivity contribution is -0.144. The number of halogens is 4. The molecule has 1 aliphatic heterocycles. The van der Waals surface area contributed by atoms with Gasteiger partial charge in [-0.1, -0.05) is 13.8 Å². The van der Waals surface area contributed by atoms with Crippen molar-refractivity contribution in [3.05, 3.63) is 85.8 Å². The molecule has 0 bridgehead atoms. The summed E-state index contributed by atoms with van der Waals surface area (Å²) in [7, 11) is 0. The summed E-state index contributed by atoms with van der Waals surface area (Å²) in [6.07, 6.45) is -0.119. The van der Waals surface area contributed by atoms with Gasteiger partial charge in [-0.2, -0.15) is 5.10 Å². The van der Waals surface area contributed by atoms with Gasteiger partial charge >= 0.3 is 5.97 Å². The van der Waals surface area contributed by atoms with Crippen molar-refractivity contribution in [2.75, 3.05) is 26.2 Å². The van der Waals surface area contributed by atoms with Crippen LogP contribution in [0.3, 0.4) is 0 Å². The number of rotatable bonds is 13. The summed E-state index contributed by atoms with van der Waals surface area (Å²) in [6, 6.07) is 5.25. The number of esters is 1. The van der Waals surface area contributed by atoms with Crippen molar-refractivity contribution >= 4 is 11.9 Å². The Balaban J connectivity index is 1.73. The Morgan fingerprint density at radius 3 is 2.27 bits per heavy atom. The van der Waals surface area contributed by atoms with E-state index in [2.05, 4.69) is 10.4 Å². The molecule has 12 heteroatoms. The van der Waals surface area contributed by atoms with Crippen LogP contribution in [0.4, 0.5) is 17.6 Å². The molecule has 2 aromatic carbocycles. The van der Waals surface area contributed by atoms with Crippen molar-refractivity contribution in [1.82, 2.24) is 20.0 Å². The van der Waals surface area contributed by atoms with E-state index in [-0.39, 0.29) is 56.0 Å². The zero-order valence-electron chi connectivity index (χ0n) is 29.3. The number of benzene rings is 2. The highest BCUT2D eigenvalue weighted by atomic mass is 19.3. The summed E-state index contributed by atoms with van der Waals surface area (Å²) < 4.78 is 63.9. The number of likely N-dealkylation sites (tertiary alicyclic amines) is 1. The molecule has 3 aromatic rings. The Morgan fingerprint density at radius 2 is 1.67 bits per heavy atom. The third-order valence-corrected chi connectivity index (χ3v) is 8.83. The molecule has 0 spiro atoms. The summed E-state index contributed by atoms with van der Waals surface area (Å²) in [5, 5.41) is 7.35. The molecule has 1 aliphatic rings. The van der Waals surface area contributed by atoms with Crippen molar-refractivity contribution in [3.63, 3.8) is 0 Å². The Bertz CT molecular complexity index is 1730. The second-order valence-electron chi connectivity index (χ2n) is 13.5. The highest BCUT2D eigenvalue weighted by molar-refractivity contribution is 5.82. The average molecular weight is 687 g/mol. The van der Waals surface area contributed by atoms with E-state index in [4.69, 9.17) is 4.74 Å². The largest absolute Gasteiger partial charge is 0.466 e. The molecular weight excluding hydrogens is 640 g/mol. The van der Waals surface area contributed by atoms with Crippen LogP contribution in [-0.2, 0) is 20.7 Å². The van der Waals surface area contributed by atoms with Crippen molar-refractivity contribution in [2.24, 2.45) is 5.92 Å². The molecule has 0 aliphatic carbocycles. The van der Waals surface area contributed by atoms with Crippen LogP contribution >= 0.6 is 0 Å². The molecule has 2 unspecified atom stereocenters. The summed E-state index contributed by atoms with van der Waals surface area (Å²) >= 11 is 0. The summed E-state index contributed by atoms with van der Waals surface area (Å²) in [5.41, 5.74) is 3.16. The zero-order chi connectivity index (χ0) is 36.2. The lowest BCUT2D eigenvalue weighted by atomic mass is 9.90. The molecule has 1 N–H and O–H groups in total. The molecule has 1 fully saturated rings. The predicted octanol–water partition coefficient (Wildman–Crippen LogP) is 6.70. The fourth-order valence-electron chi connectivity index (χ4n) is 6.53. The Morgan fingerprint density at radius 1 is 1.00 bits per heavy atom. The second-order valence-corrected chi connectivity index (χ2v) is 13.5. The number of alkyl halides is 2. The molecule has 1 amide bonds. The van der Waals surface area contributed by atoms with Gasteiger partial charge in [-0.25, -0.2) is 22.2 Å². The van der Waals surface area contributed by atoms with Crippen LogP contribution < -0.4 is 10.9 Å². The van der Waals surface area contributed by atoms with E-state index >= 15 is 4.39 Å². The van der Waals surface area contributed by atoms with Gasteiger partial charge in [0, 0.05) is 37.1 Å². The number of nitrogens with zero attached hydrogens (tertiary/aromatic N) is 3. The number of aromatic nitrogens is 2. The lowest BCUT2D eigenvalue weighted by Gasteiger charge is -2.26. The van der Waals surface area contributed by atoms with Gasteiger partial charge in [-0.15, -0.1) is 0 Å². The maximum Gasteiger partial charge on any atom is 0.308 e. The second kappa shape index (κ2) is 15.7. The van der Waals surface area contributed by atoms with E-state index in [0.717, 1.165) is 4.68 Å². The normalized spacial score (nSPS) is 15.8. The fourth-order valence-corrected chi connectivity index (χ4v) is 6.53. The molecule has 1 aromatic heterocycles. The van der Waals surface area contributed by atoms with Crippen LogP contribution in [0.5, 0.6) is 0 Å². The van der Waals surface area contributed by atoms with E-state index in [1.807, 2.05) is 13.8 Å². The van der Waals surface area contributed by atoms with Crippen molar-refractivity contribution in [1.29, 1.82) is 0 Å². The van der Waals surface area contributed by atoms with E-state index in [9.17, 15) is 27.6 Å². The van der Waals surface area contributed by atoms with Crippen LogP contribution in [0.1, 0.15) is 85.6 Å². The SMILES string of the molecule is CCOC(=O)CC(NC(=O)C(CC(C)C)n1nc(CCN2CCC(F)(F)C2)cc(C)c1=O)c1cc(-c2c(C)cc(F)cc2C)cc(C)c1F. The average Bonchev–Trinajstić information content (AvgIpc) is 3.35. The van der Waals surface area contributed by atoms with Crippen LogP contribution in [0.2, 0.25) is 0 Å². The van der Waals surface area contributed by atoms with Crippen LogP contribution in [-0.4, -0.2) is 58.7 Å². The first-order chi connectivity index (χ1) is 23.0. The molecule has 0 saturated carbocycles. The summed E-state index contributed by atoms with van der Waals surface area (Å²) in [5.74, 6) is -5.15. The highest BCUT2D eigenvalue weighted by Gasteiger charge is 2.38. The van der Waals surface area contributed by atoms with Gasteiger partial charge < -0.3 is 10.1 Å². The quantitative estimate of drug-likeness (QED) is 0.159. The minimum atomic E-state index is -2.74. The number of hydrogen-bond acceptors (Lipinski definition) is 6. The molecule has 1 saturated heterocycles. The minimum absolute atomic E-state index is 0.0375. The van der Waals surface area contributed by atoms with E-state index in [0.29, 0.717) is 40.1 Å². The lowest BCUT2D eigenvalue weighted by Crippen LogP contribution is -2.42. The third kappa shape index (κ3) is 9.35. The number of aryl methyl sites for hydroxylation is 4. The van der Waals surface area contributed by atoms with Gasteiger partial charge in [-0.3, -0.25) is 19.3 Å². The predicted molar refractivity (Wildman–Crippen MR) is 180 cm³/mol. The summed E-state index contributed by atoms with van der Waals surface area (Å²) in [4.78, 5) is 42.1. The number of carbonyl (C=O) groups excluding carboxylic acids is 2. The van der Waals surface area contributed by atoms with Gasteiger partial charge in [0.15, 0.2) is 0 Å². The molecule has 2 atom stereocenters. The van der Waals surface area contributed by atoms with Crippen LogP contribution in [0.25, 0.3) is 11.1 Å². The summed E-state index contributed by atoms with van der Waals surface area (Å²) in [6.45, 7) is 12.4. The number of ether oxygens (including phenoxy) is 1. The van der Waals surface area contributed by atoms with Gasteiger partial charge in [0.05, 0.1) is 31.3 Å². The standard InChI is InChI=1S/C37H46F4N4O4/c1-8-49-32(46)19-30(29-18-26(14-24(6)34(29)39)33-22(4)15-27(38)16-23(33)5)42-35(47)31(13-21(2)3)45-36(48)25(7)17-28(43-45)9-11-44-12-10-37(40,41)20-44/h14-18,21,30-31H,8-13,19-20H2,1-7H3,(H,42,47). The van der Waals surface area contributed by atoms with Crippen LogP contribution in [0.15, 0.2) is 35.1 Å². The molecule has 8 nitrogen and oxygen atoms in total. The van der Waals surface area contributed by atoms with Crippen LogP contribution in [0, 0.1) is 45.2 Å². The van der Waals surface area contributed by atoms with E-state index in [1.54, 1.807) is 57.7 Å². The Labute approximate surface area is 284 Å². The van der Waals surface area contributed by atoms with Gasteiger partial charge in [0.2, 0.25) is 5.91 Å². The van der Waals surface area contributed by atoms with E-state index < -0.39 is 53.5 Å². The first-order valence-electron chi connectivity index (χ1n) is 16.7. The van der Waals surface area contributed by atoms with Gasteiger partial charge in [-0.05, 0) is 105 Å². The smallest absolute Gasteiger partial charge is 0.308 e. The number of hydrogen-bond donors (Lipinski definition) is 1. The van der Waals surface area contributed by atoms with Crippen molar-refractivity contribution in [3.8, 4) is 11.1 Å². The molecule has 2 heterocycles. The maximum atomic E-state index is 16.0. The molecular formula is C37H46F4N4O4. The molecule has 266 valence electrons. The number of carbonyl (C=O) groups is 2. The van der Waals surface area contributed by atoms with Gasteiger partial charge in [0.1, 0.15) is 17.7 Å².